The number of hydrogen-bond donors (Lipinski definition) is 0. The highest BCUT2D eigenvalue weighted by molar-refractivity contribution is 6.19. The molecule has 104 valence electrons. The van der Waals surface area contributed by atoms with Gasteiger partial charge in [0.2, 0.25) is 0 Å². The van der Waals surface area contributed by atoms with Crippen LogP contribution in [-0.2, 0) is 12.8 Å². The Morgan fingerprint density at radius 1 is 1.10 bits per heavy atom. The zero-order valence-corrected chi connectivity index (χ0v) is 12.5. The van der Waals surface area contributed by atoms with Gasteiger partial charge in [-0.25, -0.2) is 0 Å². The van der Waals surface area contributed by atoms with Crippen molar-refractivity contribution in [1.82, 2.24) is 0 Å². The van der Waals surface area contributed by atoms with Gasteiger partial charge in [-0.15, -0.1) is 0 Å². The lowest BCUT2D eigenvalue weighted by molar-refractivity contribution is 0.249. The Bertz CT molecular complexity index is 589. The standard InChI is InChI=1S/C18H19ClO/c1-2-3-13-4-6-14(7-5-13)15-8-10-17-16(12-15)9-11-18(19)20-17/h4-8,10,12,18H,2-3,9,11H2,1H3. The van der Waals surface area contributed by atoms with Gasteiger partial charge < -0.3 is 4.74 Å². The van der Waals surface area contributed by atoms with Crippen molar-refractivity contribution in [2.24, 2.45) is 0 Å². The molecule has 1 aliphatic rings. The lowest BCUT2D eigenvalue weighted by Crippen LogP contribution is -2.16. The molecule has 0 bridgehead atoms. The molecule has 0 saturated carbocycles. The van der Waals surface area contributed by atoms with Gasteiger partial charge in [-0.3, -0.25) is 0 Å². The molecule has 0 spiro atoms. The van der Waals surface area contributed by atoms with Crippen LogP contribution in [0, 0.1) is 0 Å². The molecule has 1 heterocycles. The van der Waals surface area contributed by atoms with Crippen LogP contribution in [0.25, 0.3) is 11.1 Å². The second kappa shape index (κ2) is 5.88. The number of ether oxygens (including phenoxy) is 1. The van der Waals surface area contributed by atoms with Crippen molar-refractivity contribution >= 4 is 11.6 Å². The van der Waals surface area contributed by atoms with Gasteiger partial charge in [-0.2, -0.15) is 0 Å². The molecule has 20 heavy (non-hydrogen) atoms. The van der Waals surface area contributed by atoms with Crippen LogP contribution in [0.1, 0.15) is 30.9 Å². The SMILES string of the molecule is CCCc1ccc(-c2ccc3c(c2)CCC(Cl)O3)cc1. The Balaban J connectivity index is 1.87. The first kappa shape index (κ1) is 13.5. The van der Waals surface area contributed by atoms with Crippen molar-refractivity contribution in [2.45, 2.75) is 38.2 Å². The molecule has 2 aromatic carbocycles. The maximum absolute atomic E-state index is 6.03. The van der Waals surface area contributed by atoms with E-state index >= 15 is 0 Å². The van der Waals surface area contributed by atoms with Crippen LogP contribution in [0.4, 0.5) is 0 Å². The van der Waals surface area contributed by atoms with Gasteiger partial charge in [0.25, 0.3) is 0 Å². The third-order valence-electron chi connectivity index (χ3n) is 3.78. The summed E-state index contributed by atoms with van der Waals surface area (Å²) in [4.78, 5) is 0. The van der Waals surface area contributed by atoms with E-state index in [9.17, 15) is 0 Å². The van der Waals surface area contributed by atoms with Crippen LogP contribution >= 0.6 is 11.6 Å². The molecule has 1 atom stereocenters. The molecule has 2 heteroatoms. The molecule has 1 nitrogen and oxygen atoms in total. The fourth-order valence-corrected chi connectivity index (χ4v) is 2.89. The van der Waals surface area contributed by atoms with E-state index in [1.165, 1.54) is 28.7 Å². The molecule has 1 unspecified atom stereocenters. The average molecular weight is 287 g/mol. The molecule has 0 N–H and O–H groups in total. The number of rotatable bonds is 3. The average Bonchev–Trinajstić information content (AvgIpc) is 2.48. The van der Waals surface area contributed by atoms with Crippen LogP contribution in [-0.4, -0.2) is 5.56 Å². The monoisotopic (exact) mass is 286 g/mol. The highest BCUT2D eigenvalue weighted by atomic mass is 35.5. The zero-order chi connectivity index (χ0) is 13.9. The lowest BCUT2D eigenvalue weighted by Gasteiger charge is -2.22. The second-order valence-corrected chi connectivity index (χ2v) is 5.82. The summed E-state index contributed by atoms with van der Waals surface area (Å²) in [5, 5.41) is 0. The van der Waals surface area contributed by atoms with E-state index in [0.29, 0.717) is 0 Å². The predicted octanol–water partition coefficient (Wildman–Crippen LogP) is 5.20. The quantitative estimate of drug-likeness (QED) is 0.705. The van der Waals surface area contributed by atoms with E-state index in [1.807, 2.05) is 6.07 Å². The molecule has 0 radical (unpaired) electrons. The first-order valence-electron chi connectivity index (χ1n) is 7.29. The third-order valence-corrected chi connectivity index (χ3v) is 4.09. The van der Waals surface area contributed by atoms with E-state index in [-0.39, 0.29) is 5.56 Å². The second-order valence-electron chi connectivity index (χ2n) is 5.34. The molecule has 1 aliphatic heterocycles. The Hall–Kier alpha value is -1.47. The summed E-state index contributed by atoms with van der Waals surface area (Å²) < 4.78 is 5.64. The highest BCUT2D eigenvalue weighted by Gasteiger charge is 2.17. The summed E-state index contributed by atoms with van der Waals surface area (Å²) in [6.45, 7) is 2.21. The molecule has 0 fully saturated rings. The highest BCUT2D eigenvalue weighted by Crippen LogP contribution is 2.32. The van der Waals surface area contributed by atoms with E-state index < -0.39 is 0 Å². The van der Waals surface area contributed by atoms with Gasteiger partial charge in [0.05, 0.1) is 0 Å². The normalized spacial score (nSPS) is 17.4. The van der Waals surface area contributed by atoms with Crippen molar-refractivity contribution in [3.05, 3.63) is 53.6 Å². The number of alkyl halides is 1. The summed E-state index contributed by atoms with van der Waals surface area (Å²) in [6, 6.07) is 15.3. The van der Waals surface area contributed by atoms with Crippen LogP contribution in [0.2, 0.25) is 0 Å². The minimum atomic E-state index is -0.179. The Kier molecular flexibility index (Phi) is 3.98. The van der Waals surface area contributed by atoms with Crippen molar-refractivity contribution in [1.29, 1.82) is 0 Å². The summed E-state index contributed by atoms with van der Waals surface area (Å²) in [7, 11) is 0. The molecular weight excluding hydrogens is 268 g/mol. The first-order valence-corrected chi connectivity index (χ1v) is 7.73. The van der Waals surface area contributed by atoms with Crippen molar-refractivity contribution < 1.29 is 4.74 Å². The fourth-order valence-electron chi connectivity index (χ4n) is 2.69. The van der Waals surface area contributed by atoms with Crippen LogP contribution in [0.15, 0.2) is 42.5 Å². The molecular formula is C18H19ClO. The van der Waals surface area contributed by atoms with E-state index in [1.54, 1.807) is 0 Å². The van der Waals surface area contributed by atoms with Gasteiger partial charge in [-0.1, -0.05) is 55.3 Å². The maximum Gasteiger partial charge on any atom is 0.172 e. The van der Waals surface area contributed by atoms with Gasteiger partial charge in [0, 0.05) is 6.42 Å². The predicted molar refractivity (Wildman–Crippen MR) is 84.5 cm³/mol. The summed E-state index contributed by atoms with van der Waals surface area (Å²) >= 11 is 6.03. The fraction of sp³-hybridized carbons (Fsp3) is 0.333. The Labute approximate surface area is 125 Å². The van der Waals surface area contributed by atoms with E-state index in [4.69, 9.17) is 16.3 Å². The van der Waals surface area contributed by atoms with Crippen molar-refractivity contribution in [3.8, 4) is 16.9 Å². The van der Waals surface area contributed by atoms with Crippen molar-refractivity contribution in [2.75, 3.05) is 0 Å². The third kappa shape index (κ3) is 2.83. The van der Waals surface area contributed by atoms with E-state index in [2.05, 4.69) is 43.3 Å². The van der Waals surface area contributed by atoms with Gasteiger partial charge in [0.15, 0.2) is 5.56 Å². The number of halogens is 1. The van der Waals surface area contributed by atoms with Crippen molar-refractivity contribution in [3.63, 3.8) is 0 Å². The number of fused-ring (bicyclic) bond motifs is 1. The lowest BCUT2D eigenvalue weighted by atomic mass is 9.98. The molecule has 0 aromatic heterocycles. The minimum absolute atomic E-state index is 0.179. The Morgan fingerprint density at radius 3 is 2.60 bits per heavy atom. The van der Waals surface area contributed by atoms with Crippen LogP contribution < -0.4 is 4.74 Å². The van der Waals surface area contributed by atoms with Crippen LogP contribution in [0.5, 0.6) is 5.75 Å². The number of hydrogen-bond acceptors (Lipinski definition) is 1. The summed E-state index contributed by atoms with van der Waals surface area (Å²) in [5.74, 6) is 0.933. The van der Waals surface area contributed by atoms with E-state index in [0.717, 1.165) is 25.0 Å². The van der Waals surface area contributed by atoms with Gasteiger partial charge in [0.1, 0.15) is 5.75 Å². The molecule has 3 rings (SSSR count). The van der Waals surface area contributed by atoms with Crippen LogP contribution in [0.3, 0.4) is 0 Å². The smallest absolute Gasteiger partial charge is 0.172 e. The largest absolute Gasteiger partial charge is 0.474 e. The first-order chi connectivity index (χ1) is 9.76. The number of aryl methyl sites for hydroxylation is 2. The molecule has 0 saturated heterocycles. The maximum atomic E-state index is 6.03. The Morgan fingerprint density at radius 2 is 1.85 bits per heavy atom. The van der Waals surface area contributed by atoms with Gasteiger partial charge >= 0.3 is 0 Å². The van der Waals surface area contributed by atoms with Gasteiger partial charge in [-0.05, 0) is 47.2 Å². The minimum Gasteiger partial charge on any atom is -0.474 e. The number of benzene rings is 2. The molecule has 2 aromatic rings. The summed E-state index contributed by atoms with van der Waals surface area (Å²) in [6.07, 6.45) is 4.21. The zero-order valence-electron chi connectivity index (χ0n) is 11.7. The topological polar surface area (TPSA) is 9.23 Å². The molecule has 0 aliphatic carbocycles. The summed E-state index contributed by atoms with van der Waals surface area (Å²) in [5.41, 5.74) is 5.00. The molecule has 0 amide bonds.